The zero-order valence-corrected chi connectivity index (χ0v) is 19.2. The van der Waals surface area contributed by atoms with Gasteiger partial charge in [0, 0.05) is 12.0 Å². The second-order valence-electron chi connectivity index (χ2n) is 9.28. The number of allylic oxidation sites excluding steroid dienone is 4. The average molecular weight is 431 g/mol. The highest BCUT2D eigenvalue weighted by Gasteiger charge is 2.28. The van der Waals surface area contributed by atoms with Crippen LogP contribution in [0.3, 0.4) is 0 Å². The second-order valence-corrected chi connectivity index (χ2v) is 9.28. The molecular formula is C25H30N6O. The Balaban J connectivity index is 1.48. The molecule has 1 saturated heterocycles. The third-order valence-corrected chi connectivity index (χ3v) is 6.78. The zero-order valence-electron chi connectivity index (χ0n) is 19.2. The Morgan fingerprint density at radius 1 is 1.12 bits per heavy atom. The zero-order chi connectivity index (χ0) is 22.4. The summed E-state index contributed by atoms with van der Waals surface area (Å²) in [5, 5.41) is 11.2. The van der Waals surface area contributed by atoms with Crippen LogP contribution in [0.5, 0.6) is 0 Å². The number of aryl methyl sites for hydroxylation is 2. The van der Waals surface area contributed by atoms with E-state index in [-0.39, 0.29) is 11.8 Å². The first-order valence-corrected chi connectivity index (χ1v) is 11.4. The Morgan fingerprint density at radius 3 is 2.69 bits per heavy atom. The summed E-state index contributed by atoms with van der Waals surface area (Å²) in [5.74, 6) is 0.456. The van der Waals surface area contributed by atoms with Crippen LogP contribution in [0.2, 0.25) is 0 Å². The fraction of sp³-hybridized carbons (Fsp3) is 0.440. The van der Waals surface area contributed by atoms with Crippen molar-refractivity contribution in [3.63, 3.8) is 0 Å². The molecule has 5 rings (SSSR count). The Bertz CT molecular complexity index is 1190. The van der Waals surface area contributed by atoms with E-state index in [0.29, 0.717) is 5.92 Å². The van der Waals surface area contributed by atoms with Crippen molar-refractivity contribution in [1.29, 1.82) is 0 Å². The van der Waals surface area contributed by atoms with Crippen molar-refractivity contribution in [2.45, 2.75) is 40.0 Å². The third-order valence-electron chi connectivity index (χ3n) is 6.78. The van der Waals surface area contributed by atoms with E-state index in [9.17, 15) is 4.79 Å². The number of hydrogen-bond donors (Lipinski definition) is 0. The molecule has 0 N–H and O–H groups in total. The summed E-state index contributed by atoms with van der Waals surface area (Å²) in [7, 11) is 2.16. The van der Waals surface area contributed by atoms with E-state index < -0.39 is 0 Å². The smallest absolute Gasteiger partial charge is 0.271 e. The van der Waals surface area contributed by atoms with Crippen molar-refractivity contribution in [3.8, 4) is 0 Å². The Kier molecular flexibility index (Phi) is 5.29. The first kappa shape index (κ1) is 20.8. The number of fused-ring (bicyclic) bond motifs is 2. The summed E-state index contributed by atoms with van der Waals surface area (Å²) in [4.78, 5) is 20.3. The number of hydrazone groups is 1. The summed E-state index contributed by atoms with van der Waals surface area (Å²) < 4.78 is 1.87. The van der Waals surface area contributed by atoms with E-state index in [0.717, 1.165) is 71.9 Å². The molecular weight excluding hydrogens is 400 g/mol. The molecule has 1 unspecified atom stereocenters. The van der Waals surface area contributed by atoms with E-state index >= 15 is 0 Å². The number of aromatic nitrogens is 3. The molecule has 1 atom stereocenters. The predicted octanol–water partition coefficient (Wildman–Crippen LogP) is 3.75. The van der Waals surface area contributed by atoms with Crippen LogP contribution in [-0.2, 0) is 4.79 Å². The standard InChI is InChI=1S/C25H30N6O/c1-16-5-6-20-7-8-22(19-9-11-29(4)12-10-19)28-31(20)25(32)13-21(16)23-14-24-18(3)26-17(2)15-30(24)27-23/h6-8,13-16,19H,5,9-12H2,1-4H3. The minimum atomic E-state index is -0.115. The highest BCUT2D eigenvalue weighted by atomic mass is 16.2. The van der Waals surface area contributed by atoms with Gasteiger partial charge in [-0.05, 0) is 83.0 Å². The molecule has 7 heteroatoms. The van der Waals surface area contributed by atoms with E-state index in [1.54, 1.807) is 11.1 Å². The normalized spacial score (nSPS) is 22.9. The quantitative estimate of drug-likeness (QED) is 0.728. The first-order valence-electron chi connectivity index (χ1n) is 11.4. The Labute approximate surface area is 188 Å². The number of likely N-dealkylation sites (tertiary alicyclic amines) is 1. The molecule has 3 aliphatic rings. The molecule has 166 valence electrons. The van der Waals surface area contributed by atoms with Crippen LogP contribution in [0.25, 0.3) is 11.1 Å². The predicted molar refractivity (Wildman–Crippen MR) is 126 cm³/mol. The lowest BCUT2D eigenvalue weighted by atomic mass is 9.90. The molecule has 0 spiro atoms. The summed E-state index contributed by atoms with van der Waals surface area (Å²) >= 11 is 0. The second kappa shape index (κ2) is 8.13. The van der Waals surface area contributed by atoms with Crippen LogP contribution < -0.4 is 0 Å². The molecule has 1 amide bonds. The van der Waals surface area contributed by atoms with Gasteiger partial charge in [-0.3, -0.25) is 9.78 Å². The number of amides is 1. The van der Waals surface area contributed by atoms with E-state index in [1.165, 1.54) is 0 Å². The maximum Gasteiger partial charge on any atom is 0.271 e. The van der Waals surface area contributed by atoms with Gasteiger partial charge in [-0.15, -0.1) is 0 Å². The highest BCUT2D eigenvalue weighted by molar-refractivity contribution is 6.02. The van der Waals surface area contributed by atoms with Gasteiger partial charge >= 0.3 is 0 Å². The van der Waals surface area contributed by atoms with Gasteiger partial charge in [-0.2, -0.15) is 15.2 Å². The van der Waals surface area contributed by atoms with Crippen LogP contribution in [-0.4, -0.2) is 56.3 Å². The lowest BCUT2D eigenvalue weighted by Crippen LogP contribution is -2.36. The topological polar surface area (TPSA) is 66.1 Å². The van der Waals surface area contributed by atoms with E-state index in [2.05, 4.69) is 36.0 Å². The molecule has 7 nitrogen and oxygen atoms in total. The van der Waals surface area contributed by atoms with Crippen molar-refractivity contribution in [2.75, 3.05) is 20.1 Å². The van der Waals surface area contributed by atoms with Crippen molar-refractivity contribution < 1.29 is 4.79 Å². The van der Waals surface area contributed by atoms with Crippen LogP contribution in [0.15, 0.2) is 47.4 Å². The maximum atomic E-state index is 13.4. The van der Waals surface area contributed by atoms with Gasteiger partial charge in [0.25, 0.3) is 5.91 Å². The van der Waals surface area contributed by atoms with E-state index in [4.69, 9.17) is 10.2 Å². The summed E-state index contributed by atoms with van der Waals surface area (Å²) in [6.07, 6.45) is 12.9. The SMILES string of the molecule is Cc1cn2nc(C3=CC(=O)N4N=C(C5CCN(C)CC5)C=CC4=CCC3C)cc2c(C)n1. The minimum absolute atomic E-state index is 0.115. The van der Waals surface area contributed by atoms with Gasteiger partial charge < -0.3 is 4.90 Å². The first-order chi connectivity index (χ1) is 15.4. The molecule has 5 heterocycles. The monoisotopic (exact) mass is 430 g/mol. The number of carbonyl (C=O) groups excluding carboxylic acids is 1. The molecule has 3 aliphatic heterocycles. The Morgan fingerprint density at radius 2 is 1.91 bits per heavy atom. The summed E-state index contributed by atoms with van der Waals surface area (Å²) in [6.45, 7) is 8.23. The molecule has 2 aromatic rings. The van der Waals surface area contributed by atoms with Gasteiger partial charge in [-0.1, -0.05) is 13.0 Å². The highest BCUT2D eigenvalue weighted by Crippen LogP contribution is 2.32. The largest absolute Gasteiger partial charge is 0.306 e. The summed E-state index contributed by atoms with van der Waals surface area (Å²) in [6, 6.07) is 2.03. The molecule has 0 radical (unpaired) electrons. The van der Waals surface area contributed by atoms with Crippen molar-refractivity contribution >= 4 is 22.7 Å². The van der Waals surface area contributed by atoms with Gasteiger partial charge in [-0.25, -0.2) is 4.52 Å². The van der Waals surface area contributed by atoms with Crippen molar-refractivity contribution in [1.82, 2.24) is 24.5 Å². The number of piperidine rings is 1. The lowest BCUT2D eigenvalue weighted by molar-refractivity contribution is -0.124. The van der Waals surface area contributed by atoms with Crippen LogP contribution in [0, 0.1) is 25.7 Å². The molecule has 0 bridgehead atoms. The van der Waals surface area contributed by atoms with Crippen LogP contribution in [0.4, 0.5) is 0 Å². The fourth-order valence-electron chi connectivity index (χ4n) is 4.82. The van der Waals surface area contributed by atoms with Crippen LogP contribution in [0.1, 0.15) is 43.3 Å². The number of nitrogens with zero attached hydrogens (tertiary/aromatic N) is 6. The van der Waals surface area contributed by atoms with Crippen molar-refractivity contribution in [3.05, 3.63) is 59.3 Å². The number of carbonyl (C=O) groups is 1. The molecule has 0 aliphatic carbocycles. The molecule has 0 aromatic carbocycles. The number of hydrogen-bond acceptors (Lipinski definition) is 5. The van der Waals surface area contributed by atoms with E-state index in [1.807, 2.05) is 36.7 Å². The lowest BCUT2D eigenvalue weighted by Gasteiger charge is -2.32. The molecule has 0 saturated carbocycles. The third kappa shape index (κ3) is 3.81. The maximum absolute atomic E-state index is 13.4. The van der Waals surface area contributed by atoms with Gasteiger partial charge in [0.1, 0.15) is 0 Å². The van der Waals surface area contributed by atoms with Gasteiger partial charge in [0.05, 0.1) is 40.2 Å². The van der Waals surface area contributed by atoms with Crippen molar-refractivity contribution in [2.24, 2.45) is 16.9 Å². The summed E-state index contributed by atoms with van der Waals surface area (Å²) in [5.41, 5.74) is 6.46. The fourth-order valence-corrected chi connectivity index (χ4v) is 4.82. The minimum Gasteiger partial charge on any atom is -0.306 e. The van der Waals surface area contributed by atoms with Crippen LogP contribution >= 0.6 is 0 Å². The average Bonchev–Trinajstić information content (AvgIpc) is 3.19. The van der Waals surface area contributed by atoms with Gasteiger partial charge in [0.2, 0.25) is 0 Å². The van der Waals surface area contributed by atoms with Gasteiger partial charge in [0.15, 0.2) is 0 Å². The molecule has 32 heavy (non-hydrogen) atoms. The number of rotatable bonds is 2. The molecule has 1 fully saturated rings. The molecule has 2 aromatic heterocycles. The Hall–Kier alpha value is -3.06.